The van der Waals surface area contributed by atoms with E-state index in [1.165, 1.54) is 5.56 Å². The third-order valence-corrected chi connectivity index (χ3v) is 6.15. The van der Waals surface area contributed by atoms with Gasteiger partial charge >= 0.3 is 0 Å². The van der Waals surface area contributed by atoms with Gasteiger partial charge in [-0.3, -0.25) is 9.69 Å². The van der Waals surface area contributed by atoms with Crippen LogP contribution in [-0.4, -0.2) is 15.9 Å². The maximum Gasteiger partial charge on any atom is 0.279 e. The van der Waals surface area contributed by atoms with Crippen molar-refractivity contribution in [1.29, 1.82) is 0 Å². The molecule has 0 aliphatic rings. The van der Waals surface area contributed by atoms with Gasteiger partial charge in [0.1, 0.15) is 11.5 Å². The van der Waals surface area contributed by atoms with Gasteiger partial charge in [0.05, 0.1) is 16.4 Å². The Labute approximate surface area is 187 Å². The molecule has 0 unspecified atom stereocenters. The van der Waals surface area contributed by atoms with Gasteiger partial charge < -0.3 is 0 Å². The molecule has 0 bridgehead atoms. The molecule has 1 amide bonds. The Hall–Kier alpha value is -3.31. The summed E-state index contributed by atoms with van der Waals surface area (Å²) in [7, 11) is 0. The van der Waals surface area contributed by atoms with E-state index in [-0.39, 0.29) is 5.91 Å². The van der Waals surface area contributed by atoms with Crippen LogP contribution in [-0.2, 0) is 6.54 Å². The van der Waals surface area contributed by atoms with Gasteiger partial charge in [-0.25, -0.2) is 9.97 Å². The maximum absolute atomic E-state index is 13.8. The Morgan fingerprint density at radius 3 is 2.32 bits per heavy atom. The molecular formula is C26H25N3OS. The molecule has 0 spiro atoms. The number of thiazole rings is 1. The van der Waals surface area contributed by atoms with E-state index in [1.54, 1.807) is 22.4 Å². The summed E-state index contributed by atoms with van der Waals surface area (Å²) in [6, 6.07) is 24.0. The zero-order chi connectivity index (χ0) is 21.8. The highest BCUT2D eigenvalue weighted by molar-refractivity contribution is 7.15. The minimum absolute atomic E-state index is 0.144. The fraction of sp³-hybridized carbons (Fsp3) is 0.192. The van der Waals surface area contributed by atoms with Crippen molar-refractivity contribution < 1.29 is 4.79 Å². The molecule has 156 valence electrons. The summed E-state index contributed by atoms with van der Waals surface area (Å²) >= 11 is 1.54. The van der Waals surface area contributed by atoms with Crippen LogP contribution in [0.25, 0.3) is 10.4 Å². The van der Waals surface area contributed by atoms with E-state index >= 15 is 0 Å². The lowest BCUT2D eigenvalue weighted by molar-refractivity contribution is 0.0980. The van der Waals surface area contributed by atoms with Gasteiger partial charge in [-0.05, 0) is 41.7 Å². The third-order valence-electron chi connectivity index (χ3n) is 5.13. The van der Waals surface area contributed by atoms with Gasteiger partial charge in [0.15, 0.2) is 0 Å². The van der Waals surface area contributed by atoms with Crippen LogP contribution in [0.5, 0.6) is 0 Å². The lowest BCUT2D eigenvalue weighted by Crippen LogP contribution is -2.31. The second kappa shape index (κ2) is 9.23. The third kappa shape index (κ3) is 4.72. The first kappa shape index (κ1) is 20.9. The molecule has 2 aromatic carbocycles. The second-order valence-electron chi connectivity index (χ2n) is 7.75. The number of hydrogen-bond donors (Lipinski definition) is 0. The summed E-state index contributed by atoms with van der Waals surface area (Å²) < 4.78 is 0. The SMILES string of the molecule is Cc1nc(C(=O)N(Cc2ccc(C(C)C)cc2)c2ccccn2)c(-c2ccccc2)s1. The van der Waals surface area contributed by atoms with Crippen LogP contribution in [0.15, 0.2) is 79.0 Å². The number of anilines is 1. The molecular weight excluding hydrogens is 402 g/mol. The molecule has 0 N–H and O–H groups in total. The highest BCUT2D eigenvalue weighted by Crippen LogP contribution is 2.32. The van der Waals surface area contributed by atoms with Crippen LogP contribution in [0.3, 0.4) is 0 Å². The van der Waals surface area contributed by atoms with Crippen LogP contribution in [0, 0.1) is 6.92 Å². The largest absolute Gasteiger partial charge is 0.287 e. The topological polar surface area (TPSA) is 46.1 Å². The Kier molecular flexibility index (Phi) is 6.23. The molecule has 0 aliphatic carbocycles. The van der Waals surface area contributed by atoms with Crippen molar-refractivity contribution in [3.05, 3.63) is 101 Å². The van der Waals surface area contributed by atoms with Crippen molar-refractivity contribution in [3.63, 3.8) is 0 Å². The number of carbonyl (C=O) groups excluding carboxylic acids is 1. The van der Waals surface area contributed by atoms with Crippen LogP contribution in [0.4, 0.5) is 5.82 Å². The Morgan fingerprint density at radius 2 is 1.68 bits per heavy atom. The van der Waals surface area contributed by atoms with E-state index < -0.39 is 0 Å². The number of aryl methyl sites for hydroxylation is 1. The van der Waals surface area contributed by atoms with E-state index in [4.69, 9.17) is 0 Å². The van der Waals surface area contributed by atoms with Crippen LogP contribution < -0.4 is 4.90 Å². The lowest BCUT2D eigenvalue weighted by Gasteiger charge is -2.22. The molecule has 0 saturated carbocycles. The summed E-state index contributed by atoms with van der Waals surface area (Å²) in [5.74, 6) is 0.939. The van der Waals surface area contributed by atoms with E-state index in [0.717, 1.165) is 21.0 Å². The Morgan fingerprint density at radius 1 is 0.968 bits per heavy atom. The van der Waals surface area contributed by atoms with Crippen molar-refractivity contribution in [3.8, 4) is 10.4 Å². The molecule has 2 aromatic heterocycles. The highest BCUT2D eigenvalue weighted by Gasteiger charge is 2.25. The number of benzene rings is 2. The van der Waals surface area contributed by atoms with Gasteiger partial charge in [0.25, 0.3) is 5.91 Å². The maximum atomic E-state index is 13.8. The zero-order valence-electron chi connectivity index (χ0n) is 17.9. The molecule has 31 heavy (non-hydrogen) atoms. The predicted molar refractivity (Wildman–Crippen MR) is 128 cm³/mol. The van der Waals surface area contributed by atoms with Gasteiger partial charge in [-0.15, -0.1) is 11.3 Å². The quantitative estimate of drug-likeness (QED) is 0.354. The first-order chi connectivity index (χ1) is 15.0. The monoisotopic (exact) mass is 427 g/mol. The standard InChI is InChI=1S/C26H25N3OS/c1-18(2)21-14-12-20(13-15-21)17-29(23-11-7-8-16-27-23)26(30)24-25(31-19(3)28-24)22-9-5-4-6-10-22/h4-16,18H,17H2,1-3H3. The van der Waals surface area contributed by atoms with Gasteiger partial charge in [0, 0.05) is 6.20 Å². The summed E-state index contributed by atoms with van der Waals surface area (Å²) in [6.45, 7) is 6.71. The predicted octanol–water partition coefficient (Wildman–Crippen LogP) is 6.48. The average molecular weight is 428 g/mol. The van der Waals surface area contributed by atoms with Crippen molar-refractivity contribution in [2.45, 2.75) is 33.2 Å². The van der Waals surface area contributed by atoms with Crippen LogP contribution in [0.1, 0.15) is 46.4 Å². The summed E-state index contributed by atoms with van der Waals surface area (Å²) in [5.41, 5.74) is 3.80. The molecule has 5 heteroatoms. The molecule has 4 aromatic rings. The van der Waals surface area contributed by atoms with Gasteiger partial charge in [-0.1, -0.05) is 74.5 Å². The molecule has 4 nitrogen and oxygen atoms in total. The van der Waals surface area contributed by atoms with Gasteiger partial charge in [0.2, 0.25) is 0 Å². The van der Waals surface area contributed by atoms with Gasteiger partial charge in [-0.2, -0.15) is 0 Å². The number of hydrogen-bond acceptors (Lipinski definition) is 4. The number of aromatic nitrogens is 2. The minimum Gasteiger partial charge on any atom is -0.287 e. The Balaban J connectivity index is 1.72. The first-order valence-corrected chi connectivity index (χ1v) is 11.2. The smallest absolute Gasteiger partial charge is 0.279 e. The van der Waals surface area contributed by atoms with E-state index in [0.29, 0.717) is 24.0 Å². The van der Waals surface area contributed by atoms with E-state index in [9.17, 15) is 4.79 Å². The van der Waals surface area contributed by atoms with Crippen molar-refractivity contribution >= 4 is 23.1 Å². The number of pyridine rings is 1. The zero-order valence-corrected chi connectivity index (χ0v) is 18.8. The van der Waals surface area contributed by atoms with Crippen LogP contribution in [0.2, 0.25) is 0 Å². The normalized spacial score (nSPS) is 11.0. The average Bonchev–Trinajstić information content (AvgIpc) is 3.20. The molecule has 0 radical (unpaired) electrons. The lowest BCUT2D eigenvalue weighted by atomic mass is 10.0. The van der Waals surface area contributed by atoms with Crippen LogP contribution >= 0.6 is 11.3 Å². The van der Waals surface area contributed by atoms with E-state index in [2.05, 4.69) is 48.1 Å². The van der Waals surface area contributed by atoms with Crippen molar-refractivity contribution in [1.82, 2.24) is 9.97 Å². The Bertz CT molecular complexity index is 1150. The second-order valence-corrected chi connectivity index (χ2v) is 8.96. The molecule has 0 fully saturated rings. The van der Waals surface area contributed by atoms with E-state index in [1.807, 2.05) is 55.5 Å². The fourth-order valence-electron chi connectivity index (χ4n) is 3.45. The summed E-state index contributed by atoms with van der Waals surface area (Å²) in [4.78, 5) is 25.4. The summed E-state index contributed by atoms with van der Waals surface area (Å²) in [5, 5.41) is 0.865. The molecule has 0 atom stereocenters. The summed E-state index contributed by atoms with van der Waals surface area (Å²) in [6.07, 6.45) is 1.71. The number of nitrogens with zero attached hydrogens (tertiary/aromatic N) is 3. The minimum atomic E-state index is -0.144. The van der Waals surface area contributed by atoms with Crippen molar-refractivity contribution in [2.75, 3.05) is 4.90 Å². The molecule has 4 rings (SSSR count). The highest BCUT2D eigenvalue weighted by atomic mass is 32.1. The molecule has 0 aliphatic heterocycles. The number of carbonyl (C=O) groups is 1. The first-order valence-electron chi connectivity index (χ1n) is 10.4. The molecule has 2 heterocycles. The number of rotatable bonds is 6. The number of amides is 1. The fourth-order valence-corrected chi connectivity index (χ4v) is 4.36. The molecule has 0 saturated heterocycles. The van der Waals surface area contributed by atoms with Crippen molar-refractivity contribution in [2.24, 2.45) is 0 Å².